The Bertz CT molecular complexity index is 800. The van der Waals surface area contributed by atoms with Crippen LogP contribution >= 0.6 is 0 Å². The third kappa shape index (κ3) is 3.89. The Labute approximate surface area is 185 Å². The molecule has 6 atom stereocenters. The Kier molecular flexibility index (Phi) is 5.56. The highest BCUT2D eigenvalue weighted by Crippen LogP contribution is 2.65. The monoisotopic (exact) mass is 426 g/mol. The number of nitrogens with one attached hydrogen (secondary N) is 2. The standard InChI is InChI=1S/C24H35BN2O4/c1-23(2)18-12-19(23)24(3)20(13-18)30-25(31-24)21(11-16-7-5-4-6-8-16)27-22(28)29-15-17-9-10-26-14-17/h4-8,17-21,26H,9-15H2,1-3H3,(H,27,28)/t17-,18-,19?,20?,21-,24-/m0/s1. The van der Waals surface area contributed by atoms with Crippen LogP contribution in [0.5, 0.6) is 0 Å². The quantitative estimate of drug-likeness (QED) is 0.684. The number of rotatable bonds is 6. The van der Waals surface area contributed by atoms with Crippen molar-refractivity contribution in [1.29, 1.82) is 0 Å². The third-order valence-corrected chi connectivity index (χ3v) is 8.51. The summed E-state index contributed by atoms with van der Waals surface area (Å²) in [4.78, 5) is 12.7. The number of amides is 1. The zero-order chi connectivity index (χ0) is 21.6. The molecule has 0 spiro atoms. The number of hydrogen-bond donors (Lipinski definition) is 2. The van der Waals surface area contributed by atoms with Crippen molar-refractivity contribution in [2.45, 2.75) is 64.1 Å². The normalized spacial score (nSPS) is 36.4. The lowest BCUT2D eigenvalue weighted by Crippen LogP contribution is -2.65. The summed E-state index contributed by atoms with van der Waals surface area (Å²) in [5.74, 6) is 1.30. The van der Waals surface area contributed by atoms with Crippen molar-refractivity contribution in [3.05, 3.63) is 35.9 Å². The first-order valence-corrected chi connectivity index (χ1v) is 11.9. The molecule has 2 N–H and O–H groups in total. The first-order valence-electron chi connectivity index (χ1n) is 11.9. The van der Waals surface area contributed by atoms with Crippen molar-refractivity contribution < 1.29 is 18.8 Å². The van der Waals surface area contributed by atoms with E-state index in [9.17, 15) is 4.79 Å². The summed E-state index contributed by atoms with van der Waals surface area (Å²) in [6.45, 7) is 9.28. The van der Waals surface area contributed by atoms with E-state index in [-0.39, 0.29) is 23.7 Å². The van der Waals surface area contributed by atoms with E-state index in [1.165, 1.54) is 6.42 Å². The first kappa shape index (κ1) is 21.3. The lowest BCUT2D eigenvalue weighted by molar-refractivity contribution is -0.199. The van der Waals surface area contributed by atoms with Crippen molar-refractivity contribution >= 4 is 13.2 Å². The van der Waals surface area contributed by atoms with Crippen LogP contribution in [0.25, 0.3) is 0 Å². The molecule has 7 heteroatoms. The molecule has 1 amide bonds. The fraction of sp³-hybridized carbons (Fsp3) is 0.708. The highest BCUT2D eigenvalue weighted by molar-refractivity contribution is 6.47. The minimum atomic E-state index is -0.467. The SMILES string of the molecule is CC1(C)C2C[C@H]1CC1OB([C@H](Cc3ccccc3)NC(=O)OC[C@H]3CCNC3)O[C@]12C. The van der Waals surface area contributed by atoms with Gasteiger partial charge < -0.3 is 24.7 Å². The molecule has 2 saturated heterocycles. The van der Waals surface area contributed by atoms with Crippen LogP contribution in [0.2, 0.25) is 0 Å². The van der Waals surface area contributed by atoms with Gasteiger partial charge >= 0.3 is 13.2 Å². The molecule has 6 nitrogen and oxygen atoms in total. The molecule has 2 bridgehead atoms. The fourth-order valence-corrected chi connectivity index (χ4v) is 6.40. The lowest BCUT2D eigenvalue weighted by atomic mass is 9.43. The molecular weight excluding hydrogens is 391 g/mol. The van der Waals surface area contributed by atoms with Crippen molar-refractivity contribution in [1.82, 2.24) is 10.6 Å². The van der Waals surface area contributed by atoms with E-state index < -0.39 is 7.12 Å². The number of hydrogen-bond acceptors (Lipinski definition) is 5. The van der Waals surface area contributed by atoms with Gasteiger partial charge in [0, 0.05) is 12.5 Å². The van der Waals surface area contributed by atoms with Crippen LogP contribution in [0.3, 0.4) is 0 Å². The molecule has 31 heavy (non-hydrogen) atoms. The van der Waals surface area contributed by atoms with Gasteiger partial charge in [-0.25, -0.2) is 4.79 Å². The average molecular weight is 426 g/mol. The van der Waals surface area contributed by atoms with Crippen LogP contribution in [0.15, 0.2) is 30.3 Å². The summed E-state index contributed by atoms with van der Waals surface area (Å²) in [7, 11) is -0.467. The average Bonchev–Trinajstić information content (AvgIpc) is 3.39. The van der Waals surface area contributed by atoms with E-state index in [1.54, 1.807) is 0 Å². The molecular formula is C24H35BN2O4. The summed E-state index contributed by atoms with van der Waals surface area (Å²) in [6.07, 6.45) is 3.65. The molecule has 1 aromatic carbocycles. The van der Waals surface area contributed by atoms with E-state index in [0.717, 1.165) is 31.5 Å². The summed E-state index contributed by atoms with van der Waals surface area (Å²) < 4.78 is 18.7. The van der Waals surface area contributed by atoms with Crippen LogP contribution < -0.4 is 10.6 Å². The van der Waals surface area contributed by atoms with E-state index in [1.807, 2.05) is 18.2 Å². The second kappa shape index (κ2) is 8.09. The summed E-state index contributed by atoms with van der Waals surface area (Å²) in [6, 6.07) is 10.2. The number of carbonyl (C=O) groups is 1. The fourth-order valence-electron chi connectivity index (χ4n) is 6.40. The van der Waals surface area contributed by atoms with Gasteiger partial charge in [0.05, 0.1) is 24.3 Å². The van der Waals surface area contributed by atoms with Gasteiger partial charge in [-0.1, -0.05) is 44.2 Å². The number of ether oxygens (including phenoxy) is 1. The van der Waals surface area contributed by atoms with Gasteiger partial charge in [-0.05, 0) is 62.0 Å². The van der Waals surface area contributed by atoms with Gasteiger partial charge in [-0.15, -0.1) is 0 Å². The molecule has 168 valence electrons. The highest BCUT2D eigenvalue weighted by Gasteiger charge is 2.68. The van der Waals surface area contributed by atoms with E-state index >= 15 is 0 Å². The van der Waals surface area contributed by atoms with Crippen molar-refractivity contribution in [3.63, 3.8) is 0 Å². The molecule has 6 rings (SSSR count). The van der Waals surface area contributed by atoms with Gasteiger partial charge in [-0.2, -0.15) is 0 Å². The van der Waals surface area contributed by atoms with Gasteiger partial charge in [0.15, 0.2) is 0 Å². The van der Waals surface area contributed by atoms with E-state index in [4.69, 9.17) is 14.0 Å². The van der Waals surface area contributed by atoms with Gasteiger partial charge in [0.2, 0.25) is 0 Å². The van der Waals surface area contributed by atoms with Crippen molar-refractivity contribution in [3.8, 4) is 0 Å². The molecule has 0 aromatic heterocycles. The first-order chi connectivity index (χ1) is 14.9. The van der Waals surface area contributed by atoms with Crippen LogP contribution in [-0.4, -0.2) is 50.6 Å². The molecule has 2 aliphatic heterocycles. The molecule has 2 heterocycles. The van der Waals surface area contributed by atoms with Crippen LogP contribution in [0.1, 0.15) is 45.6 Å². The Morgan fingerprint density at radius 1 is 1.29 bits per heavy atom. The van der Waals surface area contributed by atoms with Crippen LogP contribution in [-0.2, 0) is 20.5 Å². The zero-order valence-corrected chi connectivity index (χ0v) is 18.9. The summed E-state index contributed by atoms with van der Waals surface area (Å²) >= 11 is 0. The highest BCUT2D eigenvalue weighted by atomic mass is 16.7. The molecule has 5 aliphatic rings. The smallest absolute Gasteiger partial charge is 0.449 e. The lowest BCUT2D eigenvalue weighted by Gasteiger charge is -2.64. The second-order valence-corrected chi connectivity index (χ2v) is 10.7. The van der Waals surface area contributed by atoms with Gasteiger partial charge in [0.1, 0.15) is 0 Å². The molecule has 5 fully saturated rings. The predicted molar refractivity (Wildman–Crippen MR) is 120 cm³/mol. The third-order valence-electron chi connectivity index (χ3n) is 8.51. The van der Waals surface area contributed by atoms with E-state index in [2.05, 4.69) is 43.5 Å². The predicted octanol–water partition coefficient (Wildman–Crippen LogP) is 3.20. The molecule has 3 saturated carbocycles. The molecule has 1 aromatic rings. The number of carbonyl (C=O) groups excluding carboxylic acids is 1. The molecule has 0 radical (unpaired) electrons. The van der Waals surface area contributed by atoms with Crippen molar-refractivity contribution in [2.24, 2.45) is 23.2 Å². The maximum Gasteiger partial charge on any atom is 0.482 e. The number of benzene rings is 1. The van der Waals surface area contributed by atoms with Gasteiger partial charge in [-0.3, -0.25) is 0 Å². The minimum absolute atomic E-state index is 0.0925. The Hall–Kier alpha value is -1.57. The zero-order valence-electron chi connectivity index (χ0n) is 18.9. The van der Waals surface area contributed by atoms with Crippen LogP contribution in [0.4, 0.5) is 4.79 Å². The van der Waals surface area contributed by atoms with Crippen LogP contribution in [0, 0.1) is 23.2 Å². The Morgan fingerprint density at radius 3 is 2.81 bits per heavy atom. The van der Waals surface area contributed by atoms with Crippen molar-refractivity contribution in [2.75, 3.05) is 19.7 Å². The summed E-state index contributed by atoms with van der Waals surface area (Å²) in [5, 5.41) is 6.39. The Morgan fingerprint density at radius 2 is 2.10 bits per heavy atom. The molecule has 2 unspecified atom stereocenters. The second-order valence-electron chi connectivity index (χ2n) is 10.7. The Balaban J connectivity index is 1.28. The maximum atomic E-state index is 12.7. The maximum absolute atomic E-state index is 12.7. The summed E-state index contributed by atoms with van der Waals surface area (Å²) in [5.41, 5.74) is 1.14. The largest absolute Gasteiger partial charge is 0.482 e. The topological polar surface area (TPSA) is 68.8 Å². The minimum Gasteiger partial charge on any atom is -0.449 e. The van der Waals surface area contributed by atoms with Gasteiger partial charge in [0.25, 0.3) is 0 Å². The van der Waals surface area contributed by atoms with E-state index in [0.29, 0.717) is 36.2 Å². The number of alkyl carbamates (subject to hydrolysis) is 1. The molecule has 3 aliphatic carbocycles.